The molecule has 7 nitrogen and oxygen atoms in total. The van der Waals surface area contributed by atoms with Crippen LogP contribution >= 0.6 is 0 Å². The standard InChI is InChI=1S/C16H19NO6/c1-9(18)13-14(10-4-5-11(19)12(8-10)23-3)17(6-7-22-2)16(21)15(13)20/h4-5,8,14,19-20H,6-7H2,1-3H3. The van der Waals surface area contributed by atoms with Gasteiger partial charge in [0.15, 0.2) is 23.0 Å². The molecule has 0 aliphatic carbocycles. The minimum absolute atomic E-state index is 0.0267. The summed E-state index contributed by atoms with van der Waals surface area (Å²) >= 11 is 0. The van der Waals surface area contributed by atoms with Crippen LogP contribution in [-0.2, 0) is 14.3 Å². The molecule has 0 fully saturated rings. The van der Waals surface area contributed by atoms with E-state index in [9.17, 15) is 19.8 Å². The summed E-state index contributed by atoms with van der Waals surface area (Å²) in [5.41, 5.74) is 0.581. The number of aliphatic hydroxyl groups is 1. The molecule has 0 saturated carbocycles. The van der Waals surface area contributed by atoms with Crippen molar-refractivity contribution in [3.05, 3.63) is 35.1 Å². The number of amides is 1. The first-order valence-electron chi connectivity index (χ1n) is 7.03. The lowest BCUT2D eigenvalue weighted by atomic mass is 9.96. The molecule has 2 N–H and O–H groups in total. The van der Waals surface area contributed by atoms with Crippen molar-refractivity contribution in [3.8, 4) is 11.5 Å². The lowest BCUT2D eigenvalue weighted by Gasteiger charge is -2.26. The highest BCUT2D eigenvalue weighted by Crippen LogP contribution is 2.40. The van der Waals surface area contributed by atoms with Gasteiger partial charge in [0, 0.05) is 13.7 Å². The number of methoxy groups -OCH3 is 2. The predicted molar refractivity (Wildman–Crippen MR) is 81.3 cm³/mol. The van der Waals surface area contributed by atoms with Crippen LogP contribution < -0.4 is 4.74 Å². The zero-order valence-corrected chi connectivity index (χ0v) is 13.2. The summed E-state index contributed by atoms with van der Waals surface area (Å²) in [7, 11) is 2.90. The van der Waals surface area contributed by atoms with E-state index in [4.69, 9.17) is 9.47 Å². The fourth-order valence-corrected chi connectivity index (χ4v) is 2.64. The molecule has 124 valence electrons. The number of carbonyl (C=O) groups excluding carboxylic acids is 2. The van der Waals surface area contributed by atoms with Crippen molar-refractivity contribution in [2.24, 2.45) is 0 Å². The van der Waals surface area contributed by atoms with Gasteiger partial charge >= 0.3 is 0 Å². The molecule has 1 heterocycles. The van der Waals surface area contributed by atoms with Gasteiger partial charge in [0.05, 0.1) is 25.3 Å². The van der Waals surface area contributed by atoms with Gasteiger partial charge in [0.2, 0.25) is 0 Å². The van der Waals surface area contributed by atoms with Gasteiger partial charge in [-0.1, -0.05) is 6.07 Å². The fraction of sp³-hybridized carbons (Fsp3) is 0.375. The van der Waals surface area contributed by atoms with Gasteiger partial charge in [-0.15, -0.1) is 0 Å². The Balaban J connectivity index is 2.52. The lowest BCUT2D eigenvalue weighted by molar-refractivity contribution is -0.130. The Hall–Kier alpha value is -2.54. The number of ether oxygens (including phenoxy) is 2. The number of aromatic hydroxyl groups is 1. The second kappa shape index (κ2) is 6.70. The molecule has 0 spiro atoms. The second-order valence-electron chi connectivity index (χ2n) is 5.14. The summed E-state index contributed by atoms with van der Waals surface area (Å²) in [6.07, 6.45) is 0. The van der Waals surface area contributed by atoms with Crippen LogP contribution in [0.1, 0.15) is 18.5 Å². The van der Waals surface area contributed by atoms with Crippen molar-refractivity contribution in [1.82, 2.24) is 4.90 Å². The number of nitrogens with zero attached hydrogens (tertiary/aromatic N) is 1. The van der Waals surface area contributed by atoms with E-state index in [2.05, 4.69) is 0 Å². The molecule has 1 amide bonds. The number of aliphatic hydroxyl groups excluding tert-OH is 1. The summed E-state index contributed by atoms with van der Waals surface area (Å²) in [5, 5.41) is 19.8. The van der Waals surface area contributed by atoms with E-state index in [0.29, 0.717) is 5.56 Å². The molecule has 0 radical (unpaired) electrons. The molecule has 0 aromatic heterocycles. The third-order valence-corrected chi connectivity index (χ3v) is 3.74. The van der Waals surface area contributed by atoms with Crippen LogP contribution in [-0.4, -0.2) is 54.2 Å². The zero-order chi connectivity index (χ0) is 17.1. The molecule has 0 bridgehead atoms. The minimum atomic E-state index is -0.746. The average molecular weight is 321 g/mol. The zero-order valence-electron chi connectivity index (χ0n) is 13.2. The summed E-state index contributed by atoms with van der Waals surface area (Å²) in [6, 6.07) is 3.79. The number of Topliss-reactive ketones (excluding diaryl/α,β-unsaturated/α-hetero) is 1. The predicted octanol–water partition coefficient (Wildman–Crippen LogP) is 1.33. The van der Waals surface area contributed by atoms with Crippen LogP contribution in [0.3, 0.4) is 0 Å². The summed E-state index contributed by atoms with van der Waals surface area (Å²) in [5.74, 6) is -1.40. The van der Waals surface area contributed by atoms with E-state index < -0.39 is 23.5 Å². The Morgan fingerprint density at radius 3 is 2.57 bits per heavy atom. The maximum absolute atomic E-state index is 12.3. The maximum atomic E-state index is 12.3. The van der Waals surface area contributed by atoms with Crippen molar-refractivity contribution in [1.29, 1.82) is 0 Å². The van der Waals surface area contributed by atoms with Gasteiger partial charge in [-0.3, -0.25) is 9.59 Å². The Morgan fingerprint density at radius 2 is 2.00 bits per heavy atom. The Bertz CT molecular complexity index is 667. The topological polar surface area (TPSA) is 96.3 Å². The van der Waals surface area contributed by atoms with Crippen LogP contribution in [0.5, 0.6) is 11.5 Å². The van der Waals surface area contributed by atoms with E-state index >= 15 is 0 Å². The number of carbonyl (C=O) groups is 2. The lowest BCUT2D eigenvalue weighted by Crippen LogP contribution is -2.33. The van der Waals surface area contributed by atoms with Gasteiger partial charge in [-0.05, 0) is 24.6 Å². The number of hydrogen-bond acceptors (Lipinski definition) is 6. The van der Waals surface area contributed by atoms with Gasteiger partial charge in [0.25, 0.3) is 5.91 Å². The first-order valence-corrected chi connectivity index (χ1v) is 7.03. The second-order valence-corrected chi connectivity index (χ2v) is 5.14. The third-order valence-electron chi connectivity index (χ3n) is 3.74. The highest BCUT2D eigenvalue weighted by atomic mass is 16.5. The molecular weight excluding hydrogens is 302 g/mol. The number of phenols is 1. The first kappa shape index (κ1) is 16.8. The van der Waals surface area contributed by atoms with Crippen molar-refractivity contribution < 1.29 is 29.3 Å². The van der Waals surface area contributed by atoms with Crippen LogP contribution in [0.2, 0.25) is 0 Å². The minimum Gasteiger partial charge on any atom is -0.504 e. The largest absolute Gasteiger partial charge is 0.504 e. The molecule has 23 heavy (non-hydrogen) atoms. The Morgan fingerprint density at radius 1 is 1.30 bits per heavy atom. The molecule has 1 aromatic rings. The molecule has 1 aliphatic heterocycles. The Labute approximate surface area is 133 Å². The van der Waals surface area contributed by atoms with Crippen molar-refractivity contribution in [2.75, 3.05) is 27.4 Å². The smallest absolute Gasteiger partial charge is 0.290 e. The van der Waals surface area contributed by atoms with Gasteiger partial charge < -0.3 is 24.6 Å². The van der Waals surface area contributed by atoms with Crippen molar-refractivity contribution >= 4 is 11.7 Å². The van der Waals surface area contributed by atoms with E-state index in [1.165, 1.54) is 38.2 Å². The highest BCUT2D eigenvalue weighted by Gasteiger charge is 2.42. The normalized spacial score (nSPS) is 17.8. The van der Waals surface area contributed by atoms with Gasteiger partial charge in [0.1, 0.15) is 0 Å². The SMILES string of the molecule is COCCN1C(=O)C(O)=C(C(C)=O)C1c1ccc(O)c(OC)c1. The van der Waals surface area contributed by atoms with Gasteiger partial charge in [-0.2, -0.15) is 0 Å². The number of hydrogen-bond donors (Lipinski definition) is 2. The van der Waals surface area contributed by atoms with E-state index in [0.717, 1.165) is 0 Å². The molecule has 1 atom stereocenters. The fourth-order valence-electron chi connectivity index (χ4n) is 2.64. The molecule has 1 unspecified atom stereocenters. The molecule has 1 aromatic carbocycles. The molecule has 1 aliphatic rings. The summed E-state index contributed by atoms with van der Waals surface area (Å²) in [6.45, 7) is 1.77. The van der Waals surface area contributed by atoms with Crippen molar-refractivity contribution in [3.63, 3.8) is 0 Å². The number of rotatable bonds is 6. The van der Waals surface area contributed by atoms with Crippen LogP contribution in [0.4, 0.5) is 0 Å². The molecular formula is C16H19NO6. The average Bonchev–Trinajstić information content (AvgIpc) is 2.77. The van der Waals surface area contributed by atoms with E-state index in [1.807, 2.05) is 0 Å². The summed E-state index contributed by atoms with van der Waals surface area (Å²) in [4.78, 5) is 25.5. The number of ketones is 1. The maximum Gasteiger partial charge on any atom is 0.290 e. The van der Waals surface area contributed by atoms with E-state index in [1.54, 1.807) is 6.07 Å². The quantitative estimate of drug-likeness (QED) is 0.820. The Kier molecular flexibility index (Phi) is 4.90. The van der Waals surface area contributed by atoms with Crippen LogP contribution in [0, 0.1) is 0 Å². The third kappa shape index (κ3) is 3.00. The summed E-state index contributed by atoms with van der Waals surface area (Å²) < 4.78 is 10.1. The van der Waals surface area contributed by atoms with Crippen LogP contribution in [0.25, 0.3) is 0 Å². The molecule has 7 heteroatoms. The van der Waals surface area contributed by atoms with E-state index in [-0.39, 0.29) is 30.2 Å². The molecule has 2 rings (SSSR count). The number of phenolic OH excluding ortho intramolecular Hbond substituents is 1. The van der Waals surface area contributed by atoms with Crippen LogP contribution in [0.15, 0.2) is 29.5 Å². The molecule has 0 saturated heterocycles. The monoisotopic (exact) mass is 321 g/mol. The first-order chi connectivity index (χ1) is 10.9. The number of benzene rings is 1. The highest BCUT2D eigenvalue weighted by molar-refractivity contribution is 6.08. The van der Waals surface area contributed by atoms with Crippen molar-refractivity contribution in [2.45, 2.75) is 13.0 Å². The van der Waals surface area contributed by atoms with Gasteiger partial charge in [-0.25, -0.2) is 0 Å².